The second-order valence-corrected chi connectivity index (χ2v) is 6.49. The van der Waals surface area contributed by atoms with Crippen LogP contribution in [-0.4, -0.2) is 37.0 Å². The number of hydrogen-bond donors (Lipinski definition) is 1. The Hall–Kier alpha value is -1.75. The van der Waals surface area contributed by atoms with Gasteiger partial charge in [0.15, 0.2) is 0 Å². The highest BCUT2D eigenvalue weighted by atomic mass is 19.1. The van der Waals surface area contributed by atoms with Gasteiger partial charge in [0.1, 0.15) is 11.6 Å². The third kappa shape index (κ3) is 6.04. The van der Waals surface area contributed by atoms with E-state index in [1.807, 2.05) is 0 Å². The van der Waals surface area contributed by atoms with Crippen molar-refractivity contribution in [3.05, 3.63) is 41.5 Å². The van der Waals surface area contributed by atoms with Gasteiger partial charge in [-0.3, -0.25) is 4.79 Å². The first kappa shape index (κ1) is 18.6. The van der Waals surface area contributed by atoms with Crippen molar-refractivity contribution >= 4 is 12.0 Å². The number of rotatable bonds is 7. The number of carbonyl (C=O) groups excluding carboxylic acids is 1. The Morgan fingerprint density at radius 3 is 2.58 bits per heavy atom. The average Bonchev–Trinajstić information content (AvgIpc) is 2.56. The summed E-state index contributed by atoms with van der Waals surface area (Å²) < 4.78 is 26.9. The molecule has 0 saturated carbocycles. The van der Waals surface area contributed by atoms with Crippen molar-refractivity contribution in [2.45, 2.75) is 32.6 Å². The fourth-order valence-electron chi connectivity index (χ4n) is 2.85. The zero-order valence-corrected chi connectivity index (χ0v) is 14.2. The predicted octanol–water partition coefficient (Wildman–Crippen LogP) is 3.61. The Labute approximate surface area is 142 Å². The monoisotopic (exact) mass is 336 g/mol. The van der Waals surface area contributed by atoms with E-state index < -0.39 is 11.6 Å². The summed E-state index contributed by atoms with van der Waals surface area (Å²) in [6, 6.07) is 3.63. The van der Waals surface area contributed by atoms with Crippen molar-refractivity contribution < 1.29 is 13.6 Å². The van der Waals surface area contributed by atoms with Gasteiger partial charge in [0.2, 0.25) is 5.91 Å². The minimum absolute atomic E-state index is 0.188. The smallest absolute Gasteiger partial charge is 0.244 e. The molecule has 0 atom stereocenters. The summed E-state index contributed by atoms with van der Waals surface area (Å²) in [6.07, 6.45) is 6.84. The number of hydrogen-bond acceptors (Lipinski definition) is 2. The van der Waals surface area contributed by atoms with Crippen molar-refractivity contribution in [1.82, 2.24) is 10.2 Å². The van der Waals surface area contributed by atoms with Crippen molar-refractivity contribution in [3.8, 4) is 0 Å². The molecule has 2 rings (SSSR count). The molecule has 1 aromatic rings. The molecule has 5 heteroatoms. The van der Waals surface area contributed by atoms with E-state index in [0.717, 1.165) is 25.3 Å². The van der Waals surface area contributed by atoms with Gasteiger partial charge in [-0.15, -0.1) is 0 Å². The first-order chi connectivity index (χ1) is 11.6. The predicted molar refractivity (Wildman–Crippen MR) is 92.5 cm³/mol. The van der Waals surface area contributed by atoms with Crippen LogP contribution in [0.15, 0.2) is 24.3 Å². The average molecular weight is 336 g/mol. The van der Waals surface area contributed by atoms with Crippen molar-refractivity contribution in [2.24, 2.45) is 5.92 Å². The fraction of sp³-hybridized carbons (Fsp3) is 0.526. The number of benzene rings is 1. The minimum Gasteiger partial charge on any atom is -0.353 e. The molecule has 1 N–H and O–H groups in total. The molecule has 1 heterocycles. The van der Waals surface area contributed by atoms with Gasteiger partial charge in [-0.2, -0.15) is 0 Å². The van der Waals surface area contributed by atoms with E-state index in [9.17, 15) is 13.6 Å². The Balaban J connectivity index is 1.62. The summed E-state index contributed by atoms with van der Waals surface area (Å²) in [4.78, 5) is 14.2. The molecule has 1 aliphatic heterocycles. The van der Waals surface area contributed by atoms with Crippen LogP contribution in [0.3, 0.4) is 0 Å². The molecule has 1 fully saturated rings. The number of nitrogens with one attached hydrogen (secondary N) is 1. The highest BCUT2D eigenvalue weighted by Crippen LogP contribution is 2.16. The summed E-state index contributed by atoms with van der Waals surface area (Å²) >= 11 is 0. The molecule has 1 amide bonds. The van der Waals surface area contributed by atoms with E-state index in [2.05, 4.69) is 17.1 Å². The van der Waals surface area contributed by atoms with Crippen LogP contribution in [0.1, 0.15) is 38.2 Å². The zero-order valence-electron chi connectivity index (χ0n) is 14.2. The van der Waals surface area contributed by atoms with Gasteiger partial charge in [0.05, 0.1) is 0 Å². The van der Waals surface area contributed by atoms with Crippen LogP contribution < -0.4 is 5.32 Å². The Bertz CT molecular complexity index is 546. The van der Waals surface area contributed by atoms with Gasteiger partial charge in [0, 0.05) is 18.2 Å². The molecule has 1 aliphatic rings. The molecule has 1 saturated heterocycles. The first-order valence-corrected chi connectivity index (χ1v) is 8.68. The summed E-state index contributed by atoms with van der Waals surface area (Å²) in [5, 5.41) is 2.75. The first-order valence-electron chi connectivity index (χ1n) is 8.68. The molecule has 1 aromatic carbocycles. The molecular formula is C19H26F2N2O. The second kappa shape index (κ2) is 9.52. The Kier molecular flexibility index (Phi) is 7.37. The van der Waals surface area contributed by atoms with E-state index in [1.54, 1.807) is 0 Å². The van der Waals surface area contributed by atoms with Crippen LogP contribution in [0, 0.1) is 17.6 Å². The third-order valence-electron chi connectivity index (χ3n) is 4.48. The molecule has 0 aromatic heterocycles. The number of piperidine rings is 1. The normalized spacial score (nSPS) is 16.6. The Morgan fingerprint density at radius 2 is 1.92 bits per heavy atom. The van der Waals surface area contributed by atoms with Gasteiger partial charge in [-0.25, -0.2) is 8.78 Å². The van der Waals surface area contributed by atoms with Gasteiger partial charge >= 0.3 is 0 Å². The number of halogens is 2. The lowest BCUT2D eigenvalue weighted by molar-refractivity contribution is -0.116. The largest absolute Gasteiger partial charge is 0.353 e. The van der Waals surface area contributed by atoms with E-state index in [-0.39, 0.29) is 11.5 Å². The number of nitrogens with zero attached hydrogens (tertiary/aromatic N) is 1. The van der Waals surface area contributed by atoms with Crippen LogP contribution >= 0.6 is 0 Å². The maximum absolute atomic E-state index is 13.4. The molecule has 0 spiro atoms. The van der Waals surface area contributed by atoms with Crippen LogP contribution in [0.5, 0.6) is 0 Å². The lowest BCUT2D eigenvalue weighted by atomic mass is 9.99. The maximum Gasteiger partial charge on any atom is 0.244 e. The van der Waals surface area contributed by atoms with Gasteiger partial charge < -0.3 is 10.2 Å². The van der Waals surface area contributed by atoms with Gasteiger partial charge in [-0.1, -0.05) is 13.0 Å². The lowest BCUT2D eigenvalue weighted by Crippen LogP contribution is -2.34. The number of unbranched alkanes of at least 4 members (excludes halogenated alkanes) is 1. The van der Waals surface area contributed by atoms with Crippen molar-refractivity contribution in [2.75, 3.05) is 26.2 Å². The second-order valence-electron chi connectivity index (χ2n) is 6.49. The standard InChI is InChI=1S/C19H26F2N2O/c1-15-9-13-23(14-10-15)12-3-2-11-22-19(24)8-7-16-17(20)5-4-6-18(16)21/h4-8,15H,2-3,9-14H2,1H3,(H,22,24). The summed E-state index contributed by atoms with van der Waals surface area (Å²) in [5.41, 5.74) is -0.188. The zero-order chi connectivity index (χ0) is 17.4. The van der Waals surface area contributed by atoms with Gasteiger partial charge in [0.25, 0.3) is 0 Å². The van der Waals surface area contributed by atoms with Crippen LogP contribution in [0.4, 0.5) is 8.78 Å². The van der Waals surface area contributed by atoms with Crippen LogP contribution in [0.25, 0.3) is 6.08 Å². The molecule has 24 heavy (non-hydrogen) atoms. The van der Waals surface area contributed by atoms with E-state index >= 15 is 0 Å². The van der Waals surface area contributed by atoms with Crippen LogP contribution in [-0.2, 0) is 4.79 Å². The molecule has 3 nitrogen and oxygen atoms in total. The molecule has 132 valence electrons. The summed E-state index contributed by atoms with van der Waals surface area (Å²) in [7, 11) is 0. The highest BCUT2D eigenvalue weighted by Gasteiger charge is 2.14. The highest BCUT2D eigenvalue weighted by molar-refractivity contribution is 5.91. The SMILES string of the molecule is CC1CCN(CCCCNC(=O)C=Cc2c(F)cccc2F)CC1. The Morgan fingerprint density at radius 1 is 1.25 bits per heavy atom. The third-order valence-corrected chi connectivity index (χ3v) is 4.48. The van der Waals surface area contributed by atoms with Crippen molar-refractivity contribution in [1.29, 1.82) is 0 Å². The molecule has 0 unspecified atom stereocenters. The minimum atomic E-state index is -0.671. The van der Waals surface area contributed by atoms with Gasteiger partial charge in [-0.05, 0) is 69.4 Å². The number of amides is 1. The quantitative estimate of drug-likeness (QED) is 0.609. The number of likely N-dealkylation sites (tertiary alicyclic amines) is 1. The lowest BCUT2D eigenvalue weighted by Gasteiger charge is -2.30. The molecule has 0 radical (unpaired) electrons. The van der Waals surface area contributed by atoms with E-state index in [0.29, 0.717) is 6.54 Å². The van der Waals surface area contributed by atoms with Crippen molar-refractivity contribution in [3.63, 3.8) is 0 Å². The topological polar surface area (TPSA) is 32.3 Å². The van der Waals surface area contributed by atoms with E-state index in [1.165, 1.54) is 56.3 Å². The molecular weight excluding hydrogens is 310 g/mol. The maximum atomic E-state index is 13.4. The number of carbonyl (C=O) groups is 1. The molecule has 0 bridgehead atoms. The summed E-state index contributed by atoms with van der Waals surface area (Å²) in [6.45, 7) is 6.29. The van der Waals surface area contributed by atoms with Crippen LogP contribution in [0.2, 0.25) is 0 Å². The molecule has 0 aliphatic carbocycles. The summed E-state index contributed by atoms with van der Waals surface area (Å²) in [5.74, 6) is -0.833. The fourth-order valence-corrected chi connectivity index (χ4v) is 2.85. The van der Waals surface area contributed by atoms with E-state index in [4.69, 9.17) is 0 Å².